The quantitative estimate of drug-likeness (QED) is 0.303. The lowest BCUT2D eigenvalue weighted by atomic mass is 9.58. The van der Waals surface area contributed by atoms with E-state index in [1.54, 1.807) is 14.1 Å². The Morgan fingerprint density at radius 2 is 1.80 bits per heavy atom. The molecule has 2 aliphatic heterocycles. The van der Waals surface area contributed by atoms with Crippen molar-refractivity contribution in [1.82, 2.24) is 9.80 Å². The molecule has 2 heterocycles. The van der Waals surface area contributed by atoms with Crippen LogP contribution >= 0.6 is 0 Å². The highest BCUT2D eigenvalue weighted by atomic mass is 16.5. The van der Waals surface area contributed by atoms with Gasteiger partial charge in [-0.25, -0.2) is 0 Å². The van der Waals surface area contributed by atoms with Crippen molar-refractivity contribution in [1.29, 1.82) is 0 Å². The number of phenolic OH excluding ortho intramolecular Hbond substituents is 1. The van der Waals surface area contributed by atoms with Crippen LogP contribution in [0.25, 0.3) is 0 Å². The number of fused-ring (bicyclic) bond motifs is 3. The highest BCUT2D eigenvalue weighted by molar-refractivity contribution is 6.25. The number of rotatable bonds is 5. The topological polar surface area (TPSA) is 177 Å². The second-order valence-electron chi connectivity index (χ2n) is 12.8. The molecule has 1 aromatic rings. The van der Waals surface area contributed by atoms with Gasteiger partial charge in [0, 0.05) is 61.9 Å². The molecule has 1 amide bonds. The summed E-state index contributed by atoms with van der Waals surface area (Å²) >= 11 is 0. The number of ketones is 2. The van der Waals surface area contributed by atoms with Crippen LogP contribution in [0, 0.1) is 17.3 Å². The van der Waals surface area contributed by atoms with Crippen LogP contribution in [0.5, 0.6) is 5.75 Å². The highest BCUT2D eigenvalue weighted by Crippen LogP contribution is 2.53. The molecule has 2 saturated heterocycles. The Labute approximate surface area is 237 Å². The van der Waals surface area contributed by atoms with Crippen molar-refractivity contribution < 1.29 is 39.5 Å². The molecule has 3 aliphatic carbocycles. The molecule has 0 bridgehead atoms. The highest BCUT2D eigenvalue weighted by Gasteiger charge is 2.63. The number of ether oxygens (including phenoxy) is 1. The van der Waals surface area contributed by atoms with E-state index in [9.17, 15) is 34.8 Å². The first-order chi connectivity index (χ1) is 19.2. The van der Waals surface area contributed by atoms with E-state index in [0.29, 0.717) is 17.7 Å². The number of primary amides is 1. The molecule has 0 unspecified atom stereocenters. The third-order valence-corrected chi connectivity index (χ3v) is 9.59. The van der Waals surface area contributed by atoms with Crippen LogP contribution in [0.1, 0.15) is 27.9 Å². The minimum Gasteiger partial charge on any atom is -0.510 e. The number of carbonyl (C=O) groups excluding carboxylic acids is 3. The minimum absolute atomic E-state index is 0.0363. The van der Waals surface area contributed by atoms with E-state index in [2.05, 4.69) is 4.90 Å². The molecule has 41 heavy (non-hydrogen) atoms. The first kappa shape index (κ1) is 27.7. The normalized spacial score (nSPS) is 30.5. The summed E-state index contributed by atoms with van der Waals surface area (Å²) in [6, 6.07) is 0.864. The number of aromatic hydroxyl groups is 1. The van der Waals surface area contributed by atoms with Crippen LogP contribution in [-0.2, 0) is 27.3 Å². The van der Waals surface area contributed by atoms with Crippen molar-refractivity contribution in [3.05, 3.63) is 45.4 Å². The number of phenols is 1. The molecule has 1 spiro atoms. The average molecular weight is 569 g/mol. The van der Waals surface area contributed by atoms with Gasteiger partial charge in [0.1, 0.15) is 22.8 Å². The fourth-order valence-electron chi connectivity index (χ4n) is 7.70. The van der Waals surface area contributed by atoms with Gasteiger partial charge in [-0.2, -0.15) is 0 Å². The standard InChI is InChI=1S/C29H36N4O8/c1-31(2)17-7-14(8-33-9-28(10-33)11-41-12-28)22(34)19-15(17)5-13-6-16-21(32(3)4)24(36)20(27(30)39)26(38)29(16,40)25(37)18(13)23(19)35/h7,13,16,21,34,36-37,40H,5-6,8-12H2,1-4H3,(H2,30,39)/t13-,16-,21-,29-/m0/s1. The monoisotopic (exact) mass is 568 g/mol. The van der Waals surface area contributed by atoms with Crippen LogP contribution in [0.2, 0.25) is 0 Å². The number of anilines is 1. The number of likely N-dealkylation sites (N-methyl/N-ethyl adjacent to an activating group) is 1. The Morgan fingerprint density at radius 1 is 1.15 bits per heavy atom. The Morgan fingerprint density at radius 3 is 2.34 bits per heavy atom. The zero-order chi connectivity index (χ0) is 29.8. The first-order valence-electron chi connectivity index (χ1n) is 13.7. The fraction of sp³-hybridized carbons (Fsp3) is 0.552. The van der Waals surface area contributed by atoms with Gasteiger partial charge in [-0.15, -0.1) is 0 Å². The van der Waals surface area contributed by atoms with Gasteiger partial charge in [0.2, 0.25) is 5.78 Å². The molecule has 12 nitrogen and oxygen atoms in total. The molecule has 0 aromatic heterocycles. The maximum absolute atomic E-state index is 14.1. The van der Waals surface area contributed by atoms with E-state index in [4.69, 9.17) is 10.5 Å². The van der Waals surface area contributed by atoms with Gasteiger partial charge in [0.05, 0.1) is 24.8 Å². The number of aliphatic hydroxyl groups excluding tert-OH is 2. The molecule has 6 N–H and O–H groups in total. The van der Waals surface area contributed by atoms with Crippen LogP contribution < -0.4 is 10.6 Å². The summed E-state index contributed by atoms with van der Waals surface area (Å²) in [5, 5.41) is 45.7. The molecule has 12 heteroatoms. The first-order valence-corrected chi connectivity index (χ1v) is 13.7. The van der Waals surface area contributed by atoms with E-state index in [0.717, 1.165) is 32.0 Å². The molecule has 2 fully saturated rings. The number of aliphatic hydroxyl groups is 3. The maximum atomic E-state index is 14.1. The smallest absolute Gasteiger partial charge is 0.255 e. The molecule has 0 saturated carbocycles. The number of hydrogen-bond acceptors (Lipinski definition) is 11. The van der Waals surface area contributed by atoms with Crippen molar-refractivity contribution in [2.24, 2.45) is 23.0 Å². The number of Topliss-reactive ketones (excluding diaryl/α,β-unsaturated/α-hetero) is 2. The van der Waals surface area contributed by atoms with Crippen LogP contribution in [-0.4, -0.2) is 114 Å². The molecule has 0 radical (unpaired) electrons. The number of hydrogen-bond donors (Lipinski definition) is 5. The number of nitrogens with zero attached hydrogens (tertiary/aromatic N) is 3. The predicted octanol–water partition coefficient (Wildman–Crippen LogP) is 0.0188. The van der Waals surface area contributed by atoms with Crippen molar-refractivity contribution in [3.63, 3.8) is 0 Å². The summed E-state index contributed by atoms with van der Waals surface area (Å²) < 4.78 is 5.35. The van der Waals surface area contributed by atoms with Gasteiger partial charge in [-0.05, 0) is 44.5 Å². The predicted molar refractivity (Wildman–Crippen MR) is 147 cm³/mol. The summed E-state index contributed by atoms with van der Waals surface area (Å²) in [6.07, 6.45) is 0.305. The number of carbonyl (C=O) groups is 3. The maximum Gasteiger partial charge on any atom is 0.255 e. The van der Waals surface area contributed by atoms with E-state index in [-0.39, 0.29) is 35.1 Å². The zero-order valence-electron chi connectivity index (χ0n) is 23.6. The fourth-order valence-corrected chi connectivity index (χ4v) is 7.70. The SMILES string of the molecule is CN(C)c1cc(CN2CC3(COC3)C2)c(O)c2c1C[C@H]1C[C@H]3[C@H](N(C)C)C(O)=C(C(N)=O)C(=O)[C@@]3(O)C(O)=C1C2=O. The Bertz CT molecular complexity index is 1450. The van der Waals surface area contributed by atoms with Crippen molar-refractivity contribution in [3.8, 4) is 5.75 Å². The Hall–Kier alpha value is -3.45. The van der Waals surface area contributed by atoms with Gasteiger partial charge < -0.3 is 35.8 Å². The second-order valence-corrected chi connectivity index (χ2v) is 12.8. The van der Waals surface area contributed by atoms with E-state index < -0.39 is 58.0 Å². The third-order valence-electron chi connectivity index (χ3n) is 9.59. The molecule has 4 atom stereocenters. The molecule has 6 rings (SSSR count). The number of amides is 1. The molecular weight excluding hydrogens is 532 g/mol. The summed E-state index contributed by atoms with van der Waals surface area (Å²) in [7, 11) is 6.91. The molecule has 220 valence electrons. The van der Waals surface area contributed by atoms with E-state index >= 15 is 0 Å². The number of allylic oxidation sites excluding steroid dienone is 1. The number of benzene rings is 1. The van der Waals surface area contributed by atoms with Crippen molar-refractivity contribution in [2.45, 2.75) is 31.0 Å². The Kier molecular flexibility index (Phi) is 6.10. The van der Waals surface area contributed by atoms with Crippen LogP contribution in [0.3, 0.4) is 0 Å². The summed E-state index contributed by atoms with van der Waals surface area (Å²) in [6.45, 7) is 3.52. The zero-order valence-corrected chi connectivity index (χ0v) is 23.6. The van der Waals surface area contributed by atoms with Gasteiger partial charge in [-0.3, -0.25) is 24.2 Å². The molecule has 1 aromatic carbocycles. The Balaban J connectivity index is 1.46. The van der Waals surface area contributed by atoms with E-state index in [1.165, 1.54) is 4.90 Å². The molecule has 5 aliphatic rings. The number of likely N-dealkylation sites (tertiary alicyclic amines) is 1. The third kappa shape index (κ3) is 3.70. The van der Waals surface area contributed by atoms with Gasteiger partial charge >= 0.3 is 0 Å². The average Bonchev–Trinajstić information content (AvgIpc) is 2.82. The van der Waals surface area contributed by atoms with E-state index in [1.807, 2.05) is 25.1 Å². The second kappa shape index (κ2) is 9.02. The van der Waals surface area contributed by atoms with Gasteiger partial charge in [-0.1, -0.05) is 0 Å². The summed E-state index contributed by atoms with van der Waals surface area (Å²) in [5.74, 6) is -6.47. The van der Waals surface area contributed by atoms with Crippen LogP contribution in [0.15, 0.2) is 28.7 Å². The lowest BCUT2D eigenvalue weighted by Gasteiger charge is -2.55. The lowest BCUT2D eigenvalue weighted by molar-refractivity contribution is -0.191. The van der Waals surface area contributed by atoms with Gasteiger partial charge in [0.15, 0.2) is 11.4 Å². The van der Waals surface area contributed by atoms with Crippen molar-refractivity contribution in [2.75, 3.05) is 59.4 Å². The summed E-state index contributed by atoms with van der Waals surface area (Å²) in [5.41, 5.74) is 3.92. The van der Waals surface area contributed by atoms with Crippen molar-refractivity contribution >= 4 is 23.2 Å². The van der Waals surface area contributed by atoms with Crippen LogP contribution in [0.4, 0.5) is 5.69 Å². The minimum atomic E-state index is -2.65. The summed E-state index contributed by atoms with van der Waals surface area (Å²) in [4.78, 5) is 45.4. The van der Waals surface area contributed by atoms with Gasteiger partial charge in [0.25, 0.3) is 5.91 Å². The molecular formula is C29H36N4O8. The lowest BCUT2D eigenvalue weighted by Crippen LogP contribution is -2.65. The number of nitrogens with two attached hydrogens (primary N) is 1. The largest absolute Gasteiger partial charge is 0.510 e.